The Morgan fingerprint density at radius 1 is 0.679 bits per heavy atom. The first-order chi connectivity index (χ1) is 27.2. The van der Waals surface area contributed by atoms with Crippen molar-refractivity contribution in [1.29, 1.82) is 5.26 Å². The van der Waals surface area contributed by atoms with Crippen LogP contribution in [0.2, 0.25) is 0 Å². The van der Waals surface area contributed by atoms with Gasteiger partial charge in [-0.1, -0.05) is 84.9 Å². The lowest BCUT2D eigenvalue weighted by atomic mass is 10.1. The van der Waals surface area contributed by atoms with Crippen LogP contribution in [0.3, 0.4) is 0 Å². The molecular formula is C43H30N6O5S2. The topological polar surface area (TPSA) is 180 Å². The maximum Gasteiger partial charge on any atom is 0.348 e. The van der Waals surface area contributed by atoms with Gasteiger partial charge in [-0.3, -0.25) is 4.79 Å². The Bertz CT molecular complexity index is 2760. The van der Waals surface area contributed by atoms with Crippen LogP contribution in [0.25, 0.3) is 42.4 Å². The Kier molecular flexibility index (Phi) is 10.8. The van der Waals surface area contributed by atoms with E-state index in [2.05, 4.69) is 38.8 Å². The Morgan fingerprint density at radius 2 is 1.14 bits per heavy atom. The zero-order chi connectivity index (χ0) is 39.2. The largest absolute Gasteiger partial charge is 0.477 e. The smallest absolute Gasteiger partial charge is 0.348 e. The van der Waals surface area contributed by atoms with Gasteiger partial charge < -0.3 is 26.2 Å². The number of nitriles is 1. The molecule has 4 aromatic carbocycles. The van der Waals surface area contributed by atoms with Crippen molar-refractivity contribution < 1.29 is 24.2 Å². The molecule has 1 amide bonds. The van der Waals surface area contributed by atoms with E-state index < -0.39 is 17.8 Å². The highest BCUT2D eigenvalue weighted by Crippen LogP contribution is 2.36. The summed E-state index contributed by atoms with van der Waals surface area (Å²) < 4.78 is 5.92. The number of pyridine rings is 2. The molecule has 0 saturated heterocycles. The van der Waals surface area contributed by atoms with Gasteiger partial charge in [-0.25, -0.2) is 19.6 Å². The van der Waals surface area contributed by atoms with Crippen molar-refractivity contribution in [3.8, 4) is 28.3 Å². The molecule has 0 bridgehead atoms. The predicted octanol–water partition coefficient (Wildman–Crippen LogP) is 9.87. The van der Waals surface area contributed by atoms with E-state index in [4.69, 9.17) is 10.5 Å². The number of methoxy groups -OCH3 is 1. The molecule has 274 valence electrons. The molecule has 4 aromatic heterocycles. The molecule has 0 aliphatic carbocycles. The lowest BCUT2D eigenvalue weighted by Gasteiger charge is -2.10. The van der Waals surface area contributed by atoms with Crippen molar-refractivity contribution in [2.24, 2.45) is 5.73 Å². The Morgan fingerprint density at radius 3 is 1.62 bits per heavy atom. The summed E-state index contributed by atoms with van der Waals surface area (Å²) in [5, 5.41) is 26.5. The van der Waals surface area contributed by atoms with Crippen LogP contribution in [0.4, 0.5) is 22.7 Å². The number of amides is 1. The first-order valence-corrected chi connectivity index (χ1v) is 18.6. The molecule has 0 saturated carbocycles. The summed E-state index contributed by atoms with van der Waals surface area (Å²) in [5.74, 6) is -2.18. The Labute approximate surface area is 328 Å². The molecule has 0 aliphatic rings. The number of carbonyl (C=O) groups is 3. The normalized spacial score (nSPS) is 10.6. The minimum absolute atomic E-state index is 0.0671. The average Bonchev–Trinajstić information content (AvgIpc) is 3.90. The summed E-state index contributed by atoms with van der Waals surface area (Å²) in [6.45, 7) is 0. The van der Waals surface area contributed by atoms with Crippen LogP contribution >= 0.6 is 22.7 Å². The molecule has 5 N–H and O–H groups in total. The maximum atomic E-state index is 11.9. The molecule has 4 heterocycles. The molecule has 8 rings (SSSR count). The van der Waals surface area contributed by atoms with Gasteiger partial charge in [-0.15, -0.1) is 22.7 Å². The number of fused-ring (bicyclic) bond motifs is 2. The van der Waals surface area contributed by atoms with Gasteiger partial charge in [0.15, 0.2) is 5.69 Å². The number of nitrogens with zero attached hydrogens (tertiary/aromatic N) is 3. The van der Waals surface area contributed by atoms with Gasteiger partial charge in [-0.05, 0) is 58.7 Å². The molecule has 0 radical (unpaired) electrons. The second-order valence-corrected chi connectivity index (χ2v) is 14.3. The highest BCUT2D eigenvalue weighted by Gasteiger charge is 2.19. The van der Waals surface area contributed by atoms with E-state index in [0.29, 0.717) is 31.0 Å². The highest BCUT2D eigenvalue weighted by atomic mass is 32.1. The van der Waals surface area contributed by atoms with Crippen molar-refractivity contribution >= 4 is 83.4 Å². The first kappa shape index (κ1) is 36.9. The number of primary amides is 1. The van der Waals surface area contributed by atoms with Crippen LogP contribution in [0.15, 0.2) is 134 Å². The number of anilines is 4. The van der Waals surface area contributed by atoms with Gasteiger partial charge in [0.25, 0.3) is 5.91 Å². The van der Waals surface area contributed by atoms with Crippen molar-refractivity contribution in [3.63, 3.8) is 0 Å². The predicted molar refractivity (Wildman–Crippen MR) is 221 cm³/mol. The zero-order valence-corrected chi connectivity index (χ0v) is 31.2. The van der Waals surface area contributed by atoms with Crippen molar-refractivity contribution in [3.05, 3.63) is 155 Å². The second kappa shape index (κ2) is 16.3. The molecular weight excluding hydrogens is 745 g/mol. The van der Waals surface area contributed by atoms with E-state index >= 15 is 0 Å². The Balaban J connectivity index is 0.000000172. The van der Waals surface area contributed by atoms with Gasteiger partial charge in [-0.2, -0.15) is 5.26 Å². The SMILES string of the molecule is COC(=O)c1cc2c(Nc3ccc(-c4ccccc4)cc3)cnc(C#N)c2s1.NC(=O)c1ncc(Nc2ccc(-c3ccccc3)cc2)c2cc(C(=O)O)sc12. The molecule has 0 fully saturated rings. The summed E-state index contributed by atoms with van der Waals surface area (Å²) in [6.07, 6.45) is 3.10. The average molecular weight is 775 g/mol. The fraction of sp³-hybridized carbons (Fsp3) is 0.0233. The van der Waals surface area contributed by atoms with Gasteiger partial charge in [0.2, 0.25) is 0 Å². The number of carboxylic acid groups (broad SMARTS) is 1. The molecule has 0 atom stereocenters. The third-order valence-electron chi connectivity index (χ3n) is 8.60. The molecule has 56 heavy (non-hydrogen) atoms. The number of carboxylic acids is 1. The quantitative estimate of drug-likeness (QED) is 0.103. The van der Waals surface area contributed by atoms with Crippen LogP contribution in [0.1, 0.15) is 35.5 Å². The van der Waals surface area contributed by atoms with Gasteiger partial charge >= 0.3 is 11.9 Å². The number of nitrogens with one attached hydrogen (secondary N) is 2. The number of benzene rings is 4. The third kappa shape index (κ3) is 7.92. The lowest BCUT2D eigenvalue weighted by Crippen LogP contribution is -2.13. The standard InChI is InChI=1S/C22H15N3O2S.C21H15N3O3S/c1-27-22(26)20-11-17-19(13-24-18(12-23)21(17)28-20)25-16-9-7-15(8-10-16)14-5-3-2-4-6-14;22-20(25)18-19-15(10-17(28-19)21(26)27)16(11-23-18)24-14-8-6-13(7-9-14)12-4-2-1-3-5-12/h2-11,13,25H,1H3;1-11,24H,(H2,22,25)(H,26,27). The molecule has 13 heteroatoms. The minimum atomic E-state index is -1.06. The van der Waals surface area contributed by atoms with Crippen LogP contribution < -0.4 is 16.4 Å². The zero-order valence-electron chi connectivity index (χ0n) is 29.5. The molecule has 0 spiro atoms. The number of aromatic carboxylic acids is 1. The van der Waals surface area contributed by atoms with Crippen LogP contribution in [-0.4, -0.2) is 40.0 Å². The monoisotopic (exact) mass is 774 g/mol. The molecule has 8 aromatic rings. The number of rotatable bonds is 9. The van der Waals surface area contributed by atoms with Gasteiger partial charge in [0.1, 0.15) is 21.5 Å². The van der Waals surface area contributed by atoms with E-state index in [1.165, 1.54) is 30.7 Å². The van der Waals surface area contributed by atoms with Crippen LogP contribution in [-0.2, 0) is 4.74 Å². The first-order valence-electron chi connectivity index (χ1n) is 16.9. The summed E-state index contributed by atoms with van der Waals surface area (Å²) >= 11 is 2.19. The van der Waals surface area contributed by atoms with E-state index in [-0.39, 0.29) is 10.6 Å². The fourth-order valence-corrected chi connectivity index (χ4v) is 7.92. The number of ether oxygens (including phenoxy) is 1. The summed E-state index contributed by atoms with van der Waals surface area (Å²) in [4.78, 5) is 43.8. The van der Waals surface area contributed by atoms with Crippen LogP contribution in [0, 0.1) is 11.3 Å². The van der Waals surface area contributed by atoms with Crippen molar-refractivity contribution in [2.45, 2.75) is 0 Å². The van der Waals surface area contributed by atoms with Gasteiger partial charge in [0, 0.05) is 22.1 Å². The lowest BCUT2D eigenvalue weighted by molar-refractivity contribution is 0.0605. The summed E-state index contributed by atoms with van der Waals surface area (Å²) in [7, 11) is 1.34. The molecule has 11 nitrogen and oxygen atoms in total. The van der Waals surface area contributed by atoms with E-state index in [9.17, 15) is 24.8 Å². The number of esters is 1. The number of hydrogen-bond donors (Lipinski definition) is 4. The second-order valence-electron chi connectivity index (χ2n) is 12.2. The number of hydrogen-bond acceptors (Lipinski definition) is 11. The Hall–Kier alpha value is -7.40. The highest BCUT2D eigenvalue weighted by molar-refractivity contribution is 7.21. The van der Waals surface area contributed by atoms with E-state index in [0.717, 1.165) is 56.0 Å². The number of aromatic nitrogens is 2. The van der Waals surface area contributed by atoms with E-state index in [1.807, 2.05) is 97.1 Å². The number of nitrogens with two attached hydrogens (primary N) is 1. The van der Waals surface area contributed by atoms with Crippen molar-refractivity contribution in [2.75, 3.05) is 17.7 Å². The maximum absolute atomic E-state index is 11.9. The molecule has 0 unspecified atom stereocenters. The number of thiophene rings is 2. The van der Waals surface area contributed by atoms with Gasteiger partial charge in [0.05, 0.1) is 40.3 Å². The van der Waals surface area contributed by atoms with E-state index in [1.54, 1.807) is 12.3 Å². The summed E-state index contributed by atoms with van der Waals surface area (Å²) in [5.41, 5.74) is 13.3. The molecule has 0 aliphatic heterocycles. The van der Waals surface area contributed by atoms with Crippen molar-refractivity contribution in [1.82, 2.24) is 9.97 Å². The number of carbonyl (C=O) groups excluding carboxylic acids is 2. The minimum Gasteiger partial charge on any atom is -0.477 e. The third-order valence-corrected chi connectivity index (χ3v) is 10.9. The summed E-state index contributed by atoms with van der Waals surface area (Å²) in [6, 6.07) is 41.4. The van der Waals surface area contributed by atoms with Crippen LogP contribution in [0.5, 0.6) is 0 Å². The fourth-order valence-electron chi connectivity index (χ4n) is 5.87.